The zero-order chi connectivity index (χ0) is 14.2. The molecule has 0 aliphatic heterocycles. The van der Waals surface area contributed by atoms with Crippen molar-refractivity contribution in [1.29, 1.82) is 0 Å². The molecule has 0 saturated carbocycles. The molecule has 0 aliphatic carbocycles. The Kier molecular flexibility index (Phi) is 3.07. The first kappa shape index (κ1) is 12.9. The Balaban J connectivity index is 1.95. The van der Waals surface area contributed by atoms with Gasteiger partial charge < -0.3 is 10.1 Å². The Morgan fingerprint density at radius 2 is 1.85 bits per heavy atom. The van der Waals surface area contributed by atoms with E-state index in [0.717, 1.165) is 28.8 Å². The molecule has 0 aliphatic rings. The molecule has 0 bridgehead atoms. The van der Waals surface area contributed by atoms with Crippen LogP contribution in [-0.2, 0) is 12.0 Å². The summed E-state index contributed by atoms with van der Waals surface area (Å²) in [7, 11) is 0. The van der Waals surface area contributed by atoms with Crippen molar-refractivity contribution in [2.24, 2.45) is 0 Å². The second-order valence-electron chi connectivity index (χ2n) is 5.64. The van der Waals surface area contributed by atoms with Crippen molar-refractivity contribution in [3.05, 3.63) is 65.5 Å². The molecule has 0 unspecified atom stereocenters. The van der Waals surface area contributed by atoms with E-state index in [9.17, 15) is 5.11 Å². The summed E-state index contributed by atoms with van der Waals surface area (Å²) >= 11 is 0. The Morgan fingerprint density at radius 3 is 2.55 bits per heavy atom. The van der Waals surface area contributed by atoms with Crippen LogP contribution in [0.3, 0.4) is 0 Å². The van der Waals surface area contributed by atoms with Crippen LogP contribution in [0.15, 0.2) is 48.5 Å². The number of aliphatic hydroxyl groups is 1. The monoisotopic (exact) mass is 266 g/mol. The van der Waals surface area contributed by atoms with Gasteiger partial charge in [0.2, 0.25) is 0 Å². The van der Waals surface area contributed by atoms with E-state index in [1.54, 1.807) is 13.8 Å². The van der Waals surface area contributed by atoms with Crippen LogP contribution in [0.2, 0.25) is 0 Å². The lowest BCUT2D eigenvalue weighted by atomic mass is 9.98. The highest BCUT2D eigenvalue weighted by molar-refractivity contribution is 5.76. The van der Waals surface area contributed by atoms with Crippen molar-refractivity contribution < 1.29 is 5.11 Å². The first-order chi connectivity index (χ1) is 9.52. The second-order valence-corrected chi connectivity index (χ2v) is 5.64. The lowest BCUT2D eigenvalue weighted by molar-refractivity contribution is 0.0787. The van der Waals surface area contributed by atoms with E-state index in [-0.39, 0.29) is 0 Å². The van der Waals surface area contributed by atoms with Gasteiger partial charge in [-0.15, -0.1) is 0 Å². The maximum atomic E-state index is 10.1. The number of hydrogen-bond acceptors (Lipinski definition) is 2. The van der Waals surface area contributed by atoms with Crippen LogP contribution in [0.25, 0.3) is 11.0 Å². The van der Waals surface area contributed by atoms with E-state index in [0.29, 0.717) is 0 Å². The first-order valence-electron chi connectivity index (χ1n) is 6.78. The summed E-state index contributed by atoms with van der Waals surface area (Å²) in [5.41, 5.74) is 3.19. The largest absolute Gasteiger partial charge is 0.386 e. The topological polar surface area (TPSA) is 48.9 Å². The second kappa shape index (κ2) is 4.76. The molecule has 3 heteroatoms. The molecule has 102 valence electrons. The standard InChI is InChI=1S/C17H18N2O/c1-17(2,20)13-8-9-14-15(11-13)19-16(18-14)10-12-6-4-3-5-7-12/h3-9,11,20H,10H2,1-2H3,(H,18,19). The number of aromatic nitrogens is 2. The van der Waals surface area contributed by atoms with Crippen molar-refractivity contribution in [1.82, 2.24) is 9.97 Å². The fraction of sp³-hybridized carbons (Fsp3) is 0.235. The molecule has 0 amide bonds. The number of aromatic amines is 1. The van der Waals surface area contributed by atoms with Crippen LogP contribution in [-0.4, -0.2) is 15.1 Å². The highest BCUT2D eigenvalue weighted by Crippen LogP contribution is 2.23. The van der Waals surface area contributed by atoms with E-state index in [2.05, 4.69) is 22.1 Å². The van der Waals surface area contributed by atoms with Crippen LogP contribution in [0.4, 0.5) is 0 Å². The van der Waals surface area contributed by atoms with Gasteiger partial charge in [-0.25, -0.2) is 4.98 Å². The number of H-pyrrole nitrogens is 1. The van der Waals surface area contributed by atoms with Crippen LogP contribution in [0, 0.1) is 0 Å². The third kappa shape index (κ3) is 2.58. The maximum Gasteiger partial charge on any atom is 0.111 e. The summed E-state index contributed by atoms with van der Waals surface area (Å²) in [6.45, 7) is 3.57. The van der Waals surface area contributed by atoms with Gasteiger partial charge >= 0.3 is 0 Å². The number of fused-ring (bicyclic) bond motifs is 1. The molecule has 3 nitrogen and oxygen atoms in total. The lowest BCUT2D eigenvalue weighted by Crippen LogP contribution is -2.14. The third-order valence-electron chi connectivity index (χ3n) is 3.45. The molecule has 20 heavy (non-hydrogen) atoms. The molecule has 3 rings (SSSR count). The predicted molar refractivity (Wildman–Crippen MR) is 80.6 cm³/mol. The minimum Gasteiger partial charge on any atom is -0.386 e. The number of rotatable bonds is 3. The molecule has 2 aromatic carbocycles. The van der Waals surface area contributed by atoms with Gasteiger partial charge in [0.1, 0.15) is 5.82 Å². The van der Waals surface area contributed by atoms with E-state index in [1.807, 2.05) is 36.4 Å². The fourth-order valence-corrected chi connectivity index (χ4v) is 2.32. The summed E-state index contributed by atoms with van der Waals surface area (Å²) in [6.07, 6.45) is 0.785. The van der Waals surface area contributed by atoms with Gasteiger partial charge in [-0.05, 0) is 37.1 Å². The molecule has 0 saturated heterocycles. The predicted octanol–water partition coefficient (Wildman–Crippen LogP) is 3.38. The molecule has 2 N–H and O–H groups in total. The van der Waals surface area contributed by atoms with Crippen LogP contribution in [0.1, 0.15) is 30.8 Å². The van der Waals surface area contributed by atoms with Gasteiger partial charge in [0, 0.05) is 6.42 Å². The Morgan fingerprint density at radius 1 is 1.10 bits per heavy atom. The smallest absolute Gasteiger partial charge is 0.111 e. The molecule has 0 atom stereocenters. The zero-order valence-electron chi connectivity index (χ0n) is 11.7. The van der Waals surface area contributed by atoms with Crippen molar-refractivity contribution in [3.8, 4) is 0 Å². The highest BCUT2D eigenvalue weighted by atomic mass is 16.3. The lowest BCUT2D eigenvalue weighted by Gasteiger charge is -2.17. The summed E-state index contributed by atoms with van der Waals surface area (Å²) in [4.78, 5) is 7.93. The van der Waals surface area contributed by atoms with Crippen LogP contribution >= 0.6 is 0 Å². The van der Waals surface area contributed by atoms with Gasteiger partial charge in [0.05, 0.1) is 16.6 Å². The van der Waals surface area contributed by atoms with Crippen LogP contribution in [0.5, 0.6) is 0 Å². The Labute approximate surface area is 118 Å². The highest BCUT2D eigenvalue weighted by Gasteiger charge is 2.16. The number of benzene rings is 2. The van der Waals surface area contributed by atoms with E-state index < -0.39 is 5.60 Å². The number of imidazole rings is 1. The quantitative estimate of drug-likeness (QED) is 0.763. The minimum absolute atomic E-state index is 0.785. The average molecular weight is 266 g/mol. The number of nitrogens with one attached hydrogen (secondary N) is 1. The van der Waals surface area contributed by atoms with Gasteiger partial charge in [0.15, 0.2) is 0 Å². The van der Waals surface area contributed by atoms with Crippen LogP contribution < -0.4 is 0 Å². The van der Waals surface area contributed by atoms with Gasteiger partial charge in [0.25, 0.3) is 0 Å². The van der Waals surface area contributed by atoms with Gasteiger partial charge in [-0.3, -0.25) is 0 Å². The molecule has 3 aromatic rings. The SMILES string of the molecule is CC(C)(O)c1ccc2nc(Cc3ccccc3)[nH]c2c1. The summed E-state index contributed by atoms with van der Waals surface area (Å²) < 4.78 is 0. The summed E-state index contributed by atoms with van der Waals surface area (Å²) in [6, 6.07) is 16.1. The zero-order valence-corrected chi connectivity index (χ0v) is 11.7. The summed E-state index contributed by atoms with van der Waals surface area (Å²) in [5, 5.41) is 10.1. The Hall–Kier alpha value is -2.13. The summed E-state index contributed by atoms with van der Waals surface area (Å²) in [5.74, 6) is 0.944. The number of hydrogen-bond donors (Lipinski definition) is 2. The van der Waals surface area contributed by atoms with E-state index >= 15 is 0 Å². The minimum atomic E-state index is -0.834. The normalized spacial score (nSPS) is 11.9. The molecule has 0 radical (unpaired) electrons. The van der Waals surface area contributed by atoms with E-state index in [4.69, 9.17) is 0 Å². The van der Waals surface area contributed by atoms with E-state index in [1.165, 1.54) is 5.56 Å². The molecule has 1 heterocycles. The van der Waals surface area contributed by atoms with Crippen molar-refractivity contribution in [2.45, 2.75) is 25.9 Å². The molecular weight excluding hydrogens is 248 g/mol. The first-order valence-corrected chi connectivity index (χ1v) is 6.78. The number of nitrogens with zero attached hydrogens (tertiary/aromatic N) is 1. The van der Waals surface area contributed by atoms with Crippen molar-refractivity contribution in [2.75, 3.05) is 0 Å². The van der Waals surface area contributed by atoms with Crippen molar-refractivity contribution >= 4 is 11.0 Å². The molecule has 0 spiro atoms. The van der Waals surface area contributed by atoms with Gasteiger partial charge in [-0.1, -0.05) is 36.4 Å². The van der Waals surface area contributed by atoms with Crippen molar-refractivity contribution in [3.63, 3.8) is 0 Å². The molecular formula is C17H18N2O. The molecule has 1 aromatic heterocycles. The average Bonchev–Trinajstić information content (AvgIpc) is 2.80. The maximum absolute atomic E-state index is 10.1. The molecule has 0 fully saturated rings. The van der Waals surface area contributed by atoms with Gasteiger partial charge in [-0.2, -0.15) is 0 Å². The Bertz CT molecular complexity index is 724. The third-order valence-corrected chi connectivity index (χ3v) is 3.45. The fourth-order valence-electron chi connectivity index (χ4n) is 2.32.